The lowest BCUT2D eigenvalue weighted by atomic mass is 9.80. The van der Waals surface area contributed by atoms with Crippen molar-refractivity contribution in [2.45, 2.75) is 169 Å². The van der Waals surface area contributed by atoms with E-state index < -0.39 is 166 Å². The van der Waals surface area contributed by atoms with Crippen LogP contribution in [0.25, 0.3) is 22.2 Å². The number of ether oxygens (including phenoxy) is 8. The van der Waals surface area contributed by atoms with Gasteiger partial charge in [0.25, 0.3) is 0 Å². The molecule has 8 rings (SSSR count). The lowest BCUT2D eigenvalue weighted by Gasteiger charge is -2.49. The molecule has 12 unspecified atom stereocenters. The summed E-state index contributed by atoms with van der Waals surface area (Å²) in [5.74, 6) is -3.66. The SMILES string of the molecule is CCC[C@H](OC1C(NC(C)=O)[C@H](O[C@@H]2CC(C(=O)NCCO[C@H]3OC(CO)[C@@H](O)C(OCc4cc5ccccc5oc4=O)C3O)CC(n3cc(-c4ccccc4)nn3)C2O[C@@H]2OC(C)[C@@H](O)C(O)C2O)OC(CO)[C@@H]1O)C(=O)O. The summed E-state index contributed by atoms with van der Waals surface area (Å²) in [7, 11) is 0. The number of nitrogens with one attached hydrogen (secondary N) is 2. The Balaban J connectivity index is 1.06. The predicted octanol–water partition coefficient (Wildman–Crippen LogP) is -2.02. The van der Waals surface area contributed by atoms with Crippen molar-refractivity contribution in [2.75, 3.05) is 26.4 Å². The van der Waals surface area contributed by atoms with Crippen LogP contribution in [0.15, 0.2) is 76.1 Å². The Morgan fingerprint density at radius 1 is 0.797 bits per heavy atom. The Morgan fingerprint density at radius 2 is 1.49 bits per heavy atom. The van der Waals surface area contributed by atoms with Crippen molar-refractivity contribution in [3.8, 4) is 11.3 Å². The molecule has 3 saturated heterocycles. The van der Waals surface area contributed by atoms with Crippen LogP contribution in [0.4, 0.5) is 0 Å². The Hall–Kier alpha value is -5.44. The van der Waals surface area contributed by atoms with Gasteiger partial charge in [-0.1, -0.05) is 67.1 Å². The van der Waals surface area contributed by atoms with Crippen molar-refractivity contribution in [2.24, 2.45) is 5.92 Å². The van der Waals surface area contributed by atoms with Gasteiger partial charge in [0, 0.05) is 30.3 Å². The van der Waals surface area contributed by atoms with Crippen molar-refractivity contribution < 1.29 is 103 Å². The molecule has 11 N–H and O–H groups in total. The first-order valence-electron chi connectivity index (χ1n) is 26.1. The summed E-state index contributed by atoms with van der Waals surface area (Å²) in [5.41, 5.74) is 0.809. The molecule has 27 nitrogen and oxygen atoms in total. The summed E-state index contributed by atoms with van der Waals surface area (Å²) in [4.78, 5) is 52.6. The van der Waals surface area contributed by atoms with Gasteiger partial charge in [0.15, 0.2) is 25.0 Å². The van der Waals surface area contributed by atoms with Crippen LogP contribution < -0.4 is 16.3 Å². The number of rotatable bonds is 22. The summed E-state index contributed by atoms with van der Waals surface area (Å²) < 4.78 is 55.5. The van der Waals surface area contributed by atoms with E-state index in [1.54, 1.807) is 67.7 Å². The smallest absolute Gasteiger partial charge is 0.341 e. The number of benzene rings is 2. The van der Waals surface area contributed by atoms with Crippen LogP contribution in [0.2, 0.25) is 0 Å². The van der Waals surface area contributed by atoms with Gasteiger partial charge in [-0.25, -0.2) is 14.3 Å². The van der Waals surface area contributed by atoms with Gasteiger partial charge in [0.1, 0.15) is 84.5 Å². The van der Waals surface area contributed by atoms with E-state index >= 15 is 0 Å². The molecule has 434 valence electrons. The number of aliphatic hydroxyl groups excluding tert-OH is 8. The second-order valence-electron chi connectivity index (χ2n) is 20.0. The fourth-order valence-electron chi connectivity index (χ4n) is 10.3. The molecule has 2 aromatic carbocycles. The lowest BCUT2D eigenvalue weighted by molar-refractivity contribution is -0.337. The van der Waals surface area contributed by atoms with E-state index in [0.29, 0.717) is 28.6 Å². The number of carbonyl (C=O) groups is 3. The van der Waals surface area contributed by atoms with E-state index in [4.69, 9.17) is 42.3 Å². The molecular formula is C52H69N5O22. The number of carboxylic acids is 1. The highest BCUT2D eigenvalue weighted by atomic mass is 16.7. The van der Waals surface area contributed by atoms with Crippen molar-refractivity contribution in [3.05, 3.63) is 82.8 Å². The summed E-state index contributed by atoms with van der Waals surface area (Å²) in [6, 6.07) is 14.8. The third kappa shape index (κ3) is 13.8. The van der Waals surface area contributed by atoms with Crippen molar-refractivity contribution >= 4 is 28.8 Å². The first kappa shape index (κ1) is 59.7. The van der Waals surface area contributed by atoms with Crippen LogP contribution in [0.1, 0.15) is 58.1 Å². The minimum Gasteiger partial charge on any atom is -0.479 e. The fourth-order valence-corrected chi connectivity index (χ4v) is 10.3. The number of hydrogen-bond donors (Lipinski definition) is 11. The summed E-state index contributed by atoms with van der Waals surface area (Å²) in [6.45, 7) is 1.86. The molecule has 27 heteroatoms. The maximum absolute atomic E-state index is 14.5. The second kappa shape index (κ2) is 26.9. The Morgan fingerprint density at radius 3 is 2.19 bits per heavy atom. The lowest BCUT2D eigenvalue weighted by Crippen LogP contribution is -2.67. The standard InChI is InChI=1S/C52H69N5O22/c1-4-10-33(48(68)69)74-45-37(54-25(3)60)50(77-35(21-58)39(45)62)76-34-19-28(18-31(57-20-30(55-56-57)26-11-6-5-7-12-26)44(34)79-52-42(65)41(64)38(61)24(2)73-52)47(67)53-15-16-71-51-43(66)46(40(63)36(22-59)78-51)72-23-29-17-27-13-8-9-14-32(27)75-49(29)70/h5-9,11-14,17,20,24,28,31,33-46,50-52,58-59,61-66H,4,10,15-16,18-19,21-23H2,1-3H3,(H,53,67)(H,54,60)(H,68,69)/t24?,28?,31?,33-,34+,35?,36?,37?,38+,39-,40+,41?,42?,43?,44?,45?,46?,50+,51-,52-/m0/s1. The monoisotopic (exact) mass is 1120 g/mol. The average molecular weight is 1120 g/mol. The van der Waals surface area contributed by atoms with Gasteiger partial charge in [0.2, 0.25) is 11.8 Å². The van der Waals surface area contributed by atoms with E-state index in [-0.39, 0.29) is 38.0 Å². The summed E-state index contributed by atoms with van der Waals surface area (Å²) in [5, 5.41) is 112. The third-order valence-corrected chi connectivity index (χ3v) is 14.5. The molecule has 4 aliphatic rings. The van der Waals surface area contributed by atoms with Crippen LogP contribution in [0.3, 0.4) is 0 Å². The number of para-hydroxylation sites is 1. The number of carboxylic acid groups (broad SMARTS) is 1. The predicted molar refractivity (Wildman–Crippen MR) is 268 cm³/mol. The number of fused-ring (bicyclic) bond motifs is 1. The molecule has 0 spiro atoms. The third-order valence-electron chi connectivity index (χ3n) is 14.5. The second-order valence-corrected chi connectivity index (χ2v) is 20.0. The van der Waals surface area contributed by atoms with Crippen LogP contribution >= 0.6 is 0 Å². The first-order chi connectivity index (χ1) is 37.9. The average Bonchev–Trinajstić information content (AvgIpc) is 4.10. The topological polar surface area (TPSA) is 392 Å². The Bertz CT molecular complexity index is 2700. The number of aliphatic hydroxyl groups is 8. The molecule has 4 aromatic rings. The number of hydrogen-bond acceptors (Lipinski definition) is 23. The van der Waals surface area contributed by atoms with Crippen molar-refractivity contribution in [1.29, 1.82) is 0 Å². The van der Waals surface area contributed by atoms with Gasteiger partial charge in [-0.2, -0.15) is 0 Å². The maximum atomic E-state index is 14.5. The highest BCUT2D eigenvalue weighted by Crippen LogP contribution is 2.41. The minimum atomic E-state index is -1.84. The molecule has 3 aliphatic heterocycles. The van der Waals surface area contributed by atoms with E-state index in [9.17, 15) is 65.1 Å². The zero-order valence-corrected chi connectivity index (χ0v) is 43.4. The molecule has 1 aliphatic carbocycles. The summed E-state index contributed by atoms with van der Waals surface area (Å²) in [6.07, 6.45) is -24.3. The van der Waals surface area contributed by atoms with Crippen LogP contribution in [0, 0.1) is 5.92 Å². The molecule has 20 atom stereocenters. The van der Waals surface area contributed by atoms with E-state index in [1.165, 1.54) is 11.6 Å². The minimum absolute atomic E-state index is 0.00126. The number of aliphatic carboxylic acids is 1. The fraction of sp³-hybridized carbons (Fsp3) is 0.615. The van der Waals surface area contributed by atoms with Gasteiger partial charge in [-0.3, -0.25) is 9.59 Å². The molecule has 5 heterocycles. The molecule has 2 aromatic heterocycles. The highest BCUT2D eigenvalue weighted by Gasteiger charge is 2.54. The number of amides is 2. The molecule has 2 amide bonds. The Kier molecular flexibility index (Phi) is 20.3. The van der Waals surface area contributed by atoms with Crippen LogP contribution in [0.5, 0.6) is 0 Å². The summed E-state index contributed by atoms with van der Waals surface area (Å²) >= 11 is 0. The zero-order valence-electron chi connectivity index (χ0n) is 43.4. The first-order valence-corrected chi connectivity index (χ1v) is 26.1. The van der Waals surface area contributed by atoms with E-state index in [2.05, 4.69) is 20.9 Å². The zero-order chi connectivity index (χ0) is 56.7. The number of nitrogens with zero attached hydrogens (tertiary/aromatic N) is 3. The van der Waals surface area contributed by atoms with E-state index in [1.807, 2.05) is 6.07 Å². The van der Waals surface area contributed by atoms with Gasteiger partial charge >= 0.3 is 11.6 Å². The van der Waals surface area contributed by atoms with Gasteiger partial charge in [0.05, 0.1) is 56.4 Å². The molecule has 1 saturated carbocycles. The Labute approximate surface area is 451 Å². The van der Waals surface area contributed by atoms with Crippen LogP contribution in [-0.4, -0.2) is 215 Å². The van der Waals surface area contributed by atoms with E-state index in [0.717, 1.165) is 6.92 Å². The van der Waals surface area contributed by atoms with Gasteiger partial charge in [-0.15, -0.1) is 5.10 Å². The maximum Gasteiger partial charge on any atom is 0.341 e. The van der Waals surface area contributed by atoms with Crippen LogP contribution in [-0.2, 0) is 58.9 Å². The van der Waals surface area contributed by atoms with Gasteiger partial charge < -0.3 is 98.9 Å². The number of aromatic nitrogens is 3. The molecule has 79 heavy (non-hydrogen) atoms. The highest BCUT2D eigenvalue weighted by molar-refractivity contribution is 5.79. The molecule has 0 radical (unpaired) electrons. The number of carbonyl (C=O) groups excluding carboxylic acids is 2. The quantitative estimate of drug-likeness (QED) is 0.0299. The normalized spacial score (nSPS) is 34.4. The van der Waals surface area contributed by atoms with Crippen molar-refractivity contribution in [1.82, 2.24) is 25.6 Å². The molecule has 0 bridgehead atoms. The molecule has 4 fully saturated rings. The van der Waals surface area contributed by atoms with Crippen molar-refractivity contribution in [3.63, 3.8) is 0 Å². The van der Waals surface area contributed by atoms with Gasteiger partial charge in [-0.05, 0) is 38.3 Å². The largest absolute Gasteiger partial charge is 0.479 e. The molecular weight excluding hydrogens is 1050 g/mol.